The lowest BCUT2D eigenvalue weighted by molar-refractivity contribution is -0.269. The second kappa shape index (κ2) is 9.16. The molecular weight excluding hydrogens is 368 g/mol. The van der Waals surface area contributed by atoms with Crippen LogP contribution in [0.1, 0.15) is 60.3 Å². The summed E-state index contributed by atoms with van der Waals surface area (Å²) in [6.07, 6.45) is 4.08. The third-order valence-corrected chi connectivity index (χ3v) is 5.98. The summed E-state index contributed by atoms with van der Waals surface area (Å²) in [7, 11) is 0. The Kier molecular flexibility index (Phi) is 8.45. The molecule has 0 aromatic carbocycles. The van der Waals surface area contributed by atoms with Crippen LogP contribution in [-0.2, 0) is 9.47 Å². The molecular formula is C20H37BrO3. The lowest BCUT2D eigenvalue weighted by Crippen LogP contribution is -2.48. The number of halogens is 1. The smallest absolute Gasteiger partial charge is 0.173 e. The molecule has 1 aliphatic carbocycles. The second-order valence-electron chi connectivity index (χ2n) is 7.60. The normalized spacial score (nSPS) is 39.7. The van der Waals surface area contributed by atoms with Crippen LogP contribution in [-0.4, -0.2) is 35.5 Å². The lowest BCUT2D eigenvalue weighted by Gasteiger charge is -2.43. The van der Waals surface area contributed by atoms with Gasteiger partial charge in [0, 0.05) is 31.5 Å². The highest BCUT2D eigenvalue weighted by molar-refractivity contribution is 9.08. The molecule has 5 atom stereocenters. The molecule has 24 heavy (non-hydrogen) atoms. The minimum Gasteiger partial charge on any atom is -0.382 e. The fourth-order valence-electron chi connectivity index (χ4n) is 4.84. The van der Waals surface area contributed by atoms with E-state index in [1.807, 2.05) is 19.7 Å². The number of hydrogen-bond acceptors (Lipinski definition) is 3. The Hall–Kier alpha value is 0.100. The molecule has 0 amide bonds. The minimum atomic E-state index is -0.930. The van der Waals surface area contributed by atoms with Crippen molar-refractivity contribution in [1.29, 1.82) is 0 Å². The van der Waals surface area contributed by atoms with E-state index in [1.165, 1.54) is 18.4 Å². The van der Waals surface area contributed by atoms with Crippen LogP contribution in [0.15, 0.2) is 12.2 Å². The Labute approximate surface area is 157 Å². The van der Waals surface area contributed by atoms with Gasteiger partial charge in [0.25, 0.3) is 0 Å². The molecule has 1 spiro atoms. The Morgan fingerprint density at radius 1 is 1.29 bits per heavy atom. The van der Waals surface area contributed by atoms with E-state index >= 15 is 0 Å². The monoisotopic (exact) mass is 404 g/mol. The Balaban J connectivity index is 0.000000356. The molecule has 3 nitrogen and oxygen atoms in total. The van der Waals surface area contributed by atoms with Crippen LogP contribution in [0.5, 0.6) is 0 Å². The van der Waals surface area contributed by atoms with Gasteiger partial charge in [-0.15, -0.1) is 0 Å². The van der Waals surface area contributed by atoms with Crippen molar-refractivity contribution in [2.24, 2.45) is 23.7 Å². The molecule has 3 fully saturated rings. The van der Waals surface area contributed by atoms with E-state index in [9.17, 15) is 5.11 Å². The van der Waals surface area contributed by atoms with Gasteiger partial charge in [0.2, 0.25) is 0 Å². The number of aliphatic hydroxyl groups is 1. The van der Waals surface area contributed by atoms with Gasteiger partial charge >= 0.3 is 0 Å². The quantitative estimate of drug-likeness (QED) is 0.520. The van der Waals surface area contributed by atoms with Gasteiger partial charge in [-0.1, -0.05) is 48.9 Å². The number of fused-ring (bicyclic) bond motifs is 1. The molecule has 2 aliphatic heterocycles. The summed E-state index contributed by atoms with van der Waals surface area (Å²) in [6, 6.07) is 0. The molecule has 2 heterocycles. The molecule has 3 rings (SSSR count). The number of hydrogen-bond donors (Lipinski definition) is 1. The van der Waals surface area contributed by atoms with Gasteiger partial charge in [0.1, 0.15) is 0 Å². The predicted molar refractivity (Wildman–Crippen MR) is 104 cm³/mol. The highest BCUT2D eigenvalue weighted by atomic mass is 79.9. The van der Waals surface area contributed by atoms with Crippen molar-refractivity contribution in [3.63, 3.8) is 0 Å². The molecule has 2 bridgehead atoms. The minimum absolute atomic E-state index is 0.0982. The summed E-state index contributed by atoms with van der Waals surface area (Å²) in [5, 5.41) is 10.8. The standard InChI is InChI=1S/C15H24O2.C4H10O.CH3Br/c1-9(2)13-8-14-11(4)5-6-12(14)10(3)7-15(13,16)17-14;1-3-5-4-2;1-2/h9,11-13,16H,3,5-8H2,1-2,4H3;3-4H2,1-2H3;1H3/t11-,12-,13-,14-,15-;;/m0../s1. The fourth-order valence-corrected chi connectivity index (χ4v) is 4.84. The van der Waals surface area contributed by atoms with Crippen molar-refractivity contribution in [1.82, 2.24) is 0 Å². The van der Waals surface area contributed by atoms with Gasteiger partial charge in [-0.3, -0.25) is 0 Å². The zero-order chi connectivity index (χ0) is 18.5. The van der Waals surface area contributed by atoms with E-state index < -0.39 is 5.79 Å². The van der Waals surface area contributed by atoms with Crippen LogP contribution in [0.25, 0.3) is 0 Å². The second-order valence-corrected chi connectivity index (χ2v) is 7.60. The summed E-state index contributed by atoms with van der Waals surface area (Å²) in [4.78, 5) is 0. The summed E-state index contributed by atoms with van der Waals surface area (Å²) in [5.74, 6) is 2.66. The molecule has 2 saturated heterocycles. The number of alkyl halides is 1. The molecule has 1 saturated carbocycles. The molecule has 4 heteroatoms. The van der Waals surface area contributed by atoms with E-state index in [0.717, 1.165) is 19.6 Å². The van der Waals surface area contributed by atoms with Crippen LogP contribution >= 0.6 is 15.9 Å². The number of rotatable bonds is 3. The van der Waals surface area contributed by atoms with Gasteiger partial charge < -0.3 is 14.6 Å². The lowest BCUT2D eigenvalue weighted by atomic mass is 9.77. The maximum atomic E-state index is 10.8. The van der Waals surface area contributed by atoms with Gasteiger partial charge in [-0.2, -0.15) is 0 Å². The summed E-state index contributed by atoms with van der Waals surface area (Å²) >= 11 is 2.94. The van der Waals surface area contributed by atoms with Crippen molar-refractivity contribution in [3.8, 4) is 0 Å². The van der Waals surface area contributed by atoms with Crippen molar-refractivity contribution in [3.05, 3.63) is 12.2 Å². The first-order chi connectivity index (χ1) is 11.3. The average molecular weight is 405 g/mol. The Morgan fingerprint density at radius 3 is 2.33 bits per heavy atom. The zero-order valence-corrected chi connectivity index (χ0v) is 18.0. The van der Waals surface area contributed by atoms with E-state index in [1.54, 1.807) is 0 Å². The van der Waals surface area contributed by atoms with E-state index in [4.69, 9.17) is 9.47 Å². The Bertz CT molecular complexity index is 410. The summed E-state index contributed by atoms with van der Waals surface area (Å²) in [6.45, 7) is 16.6. The third-order valence-electron chi connectivity index (χ3n) is 5.98. The molecule has 142 valence electrons. The SMILES string of the molecule is C=C1C[C@]2(O)O[C@@]3(C[C@H]2C(C)C)[C@@H](C)CC[C@@H]13.CBr.CCOCC. The van der Waals surface area contributed by atoms with E-state index in [0.29, 0.717) is 24.2 Å². The van der Waals surface area contributed by atoms with Gasteiger partial charge in [-0.05, 0) is 50.8 Å². The highest BCUT2D eigenvalue weighted by Crippen LogP contribution is 2.63. The molecule has 0 aromatic rings. The first-order valence-electron chi connectivity index (χ1n) is 9.36. The first kappa shape index (κ1) is 22.1. The van der Waals surface area contributed by atoms with Crippen LogP contribution in [0.4, 0.5) is 0 Å². The molecule has 3 aliphatic rings. The van der Waals surface area contributed by atoms with E-state index in [2.05, 4.69) is 43.3 Å². The Morgan fingerprint density at radius 2 is 1.88 bits per heavy atom. The number of ether oxygens (including phenoxy) is 2. The van der Waals surface area contributed by atoms with Gasteiger partial charge in [-0.25, -0.2) is 0 Å². The third kappa shape index (κ3) is 4.08. The highest BCUT2D eigenvalue weighted by Gasteiger charge is 2.66. The summed E-state index contributed by atoms with van der Waals surface area (Å²) in [5.41, 5.74) is 1.13. The maximum absolute atomic E-state index is 10.8. The summed E-state index contributed by atoms with van der Waals surface area (Å²) < 4.78 is 11.1. The van der Waals surface area contributed by atoms with Crippen molar-refractivity contribution in [2.75, 3.05) is 19.0 Å². The van der Waals surface area contributed by atoms with Gasteiger partial charge in [0.05, 0.1) is 5.60 Å². The van der Waals surface area contributed by atoms with Crippen LogP contribution in [0.2, 0.25) is 0 Å². The predicted octanol–water partition coefficient (Wildman–Crippen LogP) is 5.17. The average Bonchev–Trinajstić information content (AvgIpc) is 2.99. The first-order valence-corrected chi connectivity index (χ1v) is 10.9. The largest absolute Gasteiger partial charge is 0.382 e. The topological polar surface area (TPSA) is 38.7 Å². The van der Waals surface area contributed by atoms with Gasteiger partial charge in [0.15, 0.2) is 5.79 Å². The van der Waals surface area contributed by atoms with Crippen LogP contribution < -0.4 is 0 Å². The fraction of sp³-hybridized carbons (Fsp3) is 0.900. The van der Waals surface area contributed by atoms with Crippen LogP contribution in [0, 0.1) is 23.7 Å². The molecule has 0 radical (unpaired) electrons. The molecule has 1 N–H and O–H groups in total. The molecule has 0 unspecified atom stereocenters. The van der Waals surface area contributed by atoms with Crippen molar-refractivity contribution < 1.29 is 14.6 Å². The van der Waals surface area contributed by atoms with Crippen molar-refractivity contribution in [2.45, 2.75) is 71.7 Å². The molecule has 0 aromatic heterocycles. The van der Waals surface area contributed by atoms with Crippen molar-refractivity contribution >= 4 is 15.9 Å². The van der Waals surface area contributed by atoms with Crippen LogP contribution in [0.3, 0.4) is 0 Å². The zero-order valence-electron chi connectivity index (χ0n) is 16.4. The maximum Gasteiger partial charge on any atom is 0.173 e. The van der Waals surface area contributed by atoms with E-state index in [-0.39, 0.29) is 11.5 Å².